The van der Waals surface area contributed by atoms with Gasteiger partial charge in [0.25, 0.3) is 5.91 Å². The van der Waals surface area contributed by atoms with Crippen molar-refractivity contribution in [1.82, 2.24) is 4.90 Å². The topological polar surface area (TPSA) is 23.6 Å². The fraction of sp³-hybridized carbons (Fsp3) is 0.435. The highest BCUT2D eigenvalue weighted by Gasteiger charge is 2.47. The number of halogens is 3. The molecule has 0 atom stereocenters. The number of rotatable bonds is 5. The number of hydrogen-bond acceptors (Lipinski definition) is 3. The first-order chi connectivity index (χ1) is 14.4. The van der Waals surface area contributed by atoms with Gasteiger partial charge in [-0.05, 0) is 86.8 Å². The first-order valence-corrected chi connectivity index (χ1v) is 12.0. The van der Waals surface area contributed by atoms with Gasteiger partial charge in [0.05, 0.1) is 0 Å². The van der Waals surface area contributed by atoms with Crippen molar-refractivity contribution in [3.05, 3.63) is 64.2 Å². The van der Waals surface area contributed by atoms with Crippen molar-refractivity contribution >= 4 is 35.0 Å². The standard InChI is InChI=1S/C23H25ClF2N2OS/c1-30-13-3-10-27-11-8-23(9-12-27)15-28(20-7-6-16(24)14-17(20)23)22(29)21-18(25)4-2-5-19(21)26/h2,4-7,14H,3,8-13,15H2,1H3. The molecule has 0 N–H and O–H groups in total. The lowest BCUT2D eigenvalue weighted by atomic mass is 9.74. The van der Waals surface area contributed by atoms with Crippen LogP contribution < -0.4 is 4.90 Å². The molecule has 30 heavy (non-hydrogen) atoms. The van der Waals surface area contributed by atoms with Crippen LogP contribution in [-0.2, 0) is 5.41 Å². The third kappa shape index (κ3) is 3.97. The van der Waals surface area contributed by atoms with E-state index in [0.29, 0.717) is 17.3 Å². The average Bonchev–Trinajstić information content (AvgIpc) is 3.03. The minimum Gasteiger partial charge on any atom is -0.307 e. The summed E-state index contributed by atoms with van der Waals surface area (Å²) >= 11 is 8.16. The van der Waals surface area contributed by atoms with E-state index >= 15 is 0 Å². The number of anilines is 1. The highest BCUT2D eigenvalue weighted by Crippen LogP contribution is 2.48. The van der Waals surface area contributed by atoms with E-state index in [4.69, 9.17) is 11.6 Å². The second kappa shape index (κ2) is 8.85. The second-order valence-corrected chi connectivity index (χ2v) is 9.54. The molecule has 1 spiro atoms. The number of carbonyl (C=O) groups is 1. The summed E-state index contributed by atoms with van der Waals surface area (Å²) in [4.78, 5) is 17.2. The molecule has 160 valence electrons. The van der Waals surface area contributed by atoms with E-state index < -0.39 is 23.1 Å². The summed E-state index contributed by atoms with van der Waals surface area (Å²) in [7, 11) is 0. The molecule has 0 radical (unpaired) electrons. The summed E-state index contributed by atoms with van der Waals surface area (Å²) < 4.78 is 28.6. The molecule has 7 heteroatoms. The van der Waals surface area contributed by atoms with Crippen LogP contribution in [0.5, 0.6) is 0 Å². The third-order valence-electron chi connectivity index (χ3n) is 6.34. The first kappa shape index (κ1) is 21.6. The van der Waals surface area contributed by atoms with Crippen LogP contribution in [0.15, 0.2) is 36.4 Å². The van der Waals surface area contributed by atoms with Crippen LogP contribution in [0, 0.1) is 11.6 Å². The minimum absolute atomic E-state index is 0.229. The number of fused-ring (bicyclic) bond motifs is 2. The molecule has 2 aromatic carbocycles. The number of carbonyl (C=O) groups excluding carboxylic acids is 1. The molecule has 2 heterocycles. The normalized spacial score (nSPS) is 18.1. The zero-order chi connectivity index (χ0) is 21.3. The van der Waals surface area contributed by atoms with Crippen LogP contribution in [0.4, 0.5) is 14.5 Å². The van der Waals surface area contributed by atoms with Gasteiger partial charge in [-0.1, -0.05) is 17.7 Å². The van der Waals surface area contributed by atoms with Gasteiger partial charge in [0.15, 0.2) is 0 Å². The highest BCUT2D eigenvalue weighted by atomic mass is 35.5. The van der Waals surface area contributed by atoms with Crippen LogP contribution in [0.3, 0.4) is 0 Å². The van der Waals surface area contributed by atoms with E-state index in [1.54, 1.807) is 12.1 Å². The van der Waals surface area contributed by atoms with Crippen molar-refractivity contribution in [2.24, 2.45) is 0 Å². The largest absolute Gasteiger partial charge is 0.307 e. The molecule has 0 aliphatic carbocycles. The Hall–Kier alpha value is -1.63. The molecule has 3 nitrogen and oxygen atoms in total. The Morgan fingerprint density at radius 1 is 1.17 bits per heavy atom. The van der Waals surface area contributed by atoms with Crippen molar-refractivity contribution in [2.75, 3.05) is 43.1 Å². The van der Waals surface area contributed by atoms with E-state index in [1.807, 2.05) is 17.8 Å². The Balaban J connectivity index is 1.62. The Bertz CT molecular complexity index is 927. The highest BCUT2D eigenvalue weighted by molar-refractivity contribution is 7.98. The number of amides is 1. The smallest absolute Gasteiger partial charge is 0.264 e. The van der Waals surface area contributed by atoms with E-state index in [1.165, 1.54) is 11.0 Å². The van der Waals surface area contributed by atoms with Gasteiger partial charge < -0.3 is 9.80 Å². The van der Waals surface area contributed by atoms with Gasteiger partial charge in [-0.25, -0.2) is 8.78 Å². The summed E-state index contributed by atoms with van der Waals surface area (Å²) in [6, 6.07) is 8.97. The summed E-state index contributed by atoms with van der Waals surface area (Å²) in [6.45, 7) is 3.38. The SMILES string of the molecule is CSCCCN1CCC2(CC1)CN(C(=O)c1c(F)cccc1F)c1ccc(Cl)cc12. The molecule has 2 aromatic rings. The molecule has 4 rings (SSSR count). The summed E-state index contributed by atoms with van der Waals surface area (Å²) in [5.74, 6) is -1.15. The summed E-state index contributed by atoms with van der Waals surface area (Å²) in [5.41, 5.74) is 1.00. The lowest BCUT2D eigenvalue weighted by molar-refractivity contribution is 0.0968. The maximum absolute atomic E-state index is 14.3. The van der Waals surface area contributed by atoms with Crippen molar-refractivity contribution < 1.29 is 13.6 Å². The van der Waals surface area contributed by atoms with Gasteiger partial charge in [0, 0.05) is 22.7 Å². The summed E-state index contributed by atoms with van der Waals surface area (Å²) in [6.07, 6.45) is 5.06. The van der Waals surface area contributed by atoms with Gasteiger partial charge in [-0.2, -0.15) is 11.8 Å². The van der Waals surface area contributed by atoms with Crippen molar-refractivity contribution in [3.8, 4) is 0 Å². The van der Waals surface area contributed by atoms with Crippen LogP contribution >= 0.6 is 23.4 Å². The van der Waals surface area contributed by atoms with Crippen molar-refractivity contribution in [2.45, 2.75) is 24.7 Å². The minimum atomic E-state index is -0.833. The molecule has 1 amide bonds. The van der Waals surface area contributed by atoms with E-state index in [-0.39, 0.29) is 5.41 Å². The Morgan fingerprint density at radius 2 is 1.87 bits per heavy atom. The molecule has 0 bridgehead atoms. The van der Waals surface area contributed by atoms with Gasteiger partial charge in [-0.3, -0.25) is 4.79 Å². The van der Waals surface area contributed by atoms with Crippen LogP contribution in [0.2, 0.25) is 5.02 Å². The molecular formula is C23H25ClF2N2OS. The van der Waals surface area contributed by atoms with E-state index in [0.717, 1.165) is 62.3 Å². The van der Waals surface area contributed by atoms with Gasteiger partial charge >= 0.3 is 0 Å². The molecule has 0 saturated carbocycles. The molecule has 2 aliphatic rings. The molecular weight excluding hydrogens is 426 g/mol. The van der Waals surface area contributed by atoms with Crippen molar-refractivity contribution in [1.29, 1.82) is 0 Å². The number of piperidine rings is 1. The monoisotopic (exact) mass is 450 g/mol. The molecule has 0 aromatic heterocycles. The first-order valence-electron chi connectivity index (χ1n) is 10.2. The maximum Gasteiger partial charge on any atom is 0.264 e. The quantitative estimate of drug-likeness (QED) is 0.572. The lowest BCUT2D eigenvalue weighted by Gasteiger charge is -2.40. The van der Waals surface area contributed by atoms with Gasteiger partial charge in [0.1, 0.15) is 17.2 Å². The molecule has 0 unspecified atom stereocenters. The van der Waals surface area contributed by atoms with Crippen LogP contribution in [0.1, 0.15) is 35.2 Å². The zero-order valence-corrected chi connectivity index (χ0v) is 18.5. The number of likely N-dealkylation sites (tertiary alicyclic amines) is 1. The fourth-order valence-electron chi connectivity index (χ4n) is 4.72. The Labute approximate surface area is 185 Å². The molecule has 2 aliphatic heterocycles. The second-order valence-electron chi connectivity index (χ2n) is 8.12. The number of benzene rings is 2. The predicted octanol–water partition coefficient (Wildman–Crippen LogP) is 5.37. The van der Waals surface area contributed by atoms with Gasteiger partial charge in [-0.15, -0.1) is 0 Å². The average molecular weight is 451 g/mol. The van der Waals surface area contributed by atoms with Crippen LogP contribution in [-0.4, -0.2) is 49.0 Å². The fourth-order valence-corrected chi connectivity index (χ4v) is 5.31. The molecule has 1 saturated heterocycles. The van der Waals surface area contributed by atoms with Gasteiger partial charge in [0.2, 0.25) is 0 Å². The molecule has 1 fully saturated rings. The zero-order valence-electron chi connectivity index (χ0n) is 17.0. The maximum atomic E-state index is 14.3. The van der Waals surface area contributed by atoms with Crippen LogP contribution in [0.25, 0.3) is 0 Å². The Kier molecular flexibility index (Phi) is 6.37. The predicted molar refractivity (Wildman–Crippen MR) is 120 cm³/mol. The number of nitrogens with zero attached hydrogens (tertiary/aromatic N) is 2. The Morgan fingerprint density at radius 3 is 2.53 bits per heavy atom. The van der Waals surface area contributed by atoms with Crippen molar-refractivity contribution in [3.63, 3.8) is 0 Å². The lowest BCUT2D eigenvalue weighted by Crippen LogP contribution is -2.46. The third-order valence-corrected chi connectivity index (χ3v) is 7.27. The van der Waals surface area contributed by atoms with E-state index in [9.17, 15) is 13.6 Å². The van der Waals surface area contributed by atoms with E-state index in [2.05, 4.69) is 11.2 Å². The number of hydrogen-bond donors (Lipinski definition) is 0. The number of thioether (sulfide) groups is 1. The summed E-state index contributed by atoms with van der Waals surface area (Å²) in [5, 5.41) is 0.613.